The zero-order valence-electron chi connectivity index (χ0n) is 9.19. The summed E-state index contributed by atoms with van der Waals surface area (Å²) in [6.45, 7) is 3.02. The molecule has 0 aliphatic carbocycles. The van der Waals surface area contributed by atoms with Gasteiger partial charge >= 0.3 is 0 Å². The smallest absolute Gasteiger partial charge is 0.0929 e. The van der Waals surface area contributed by atoms with Gasteiger partial charge in [0.15, 0.2) is 0 Å². The molecule has 16 heavy (non-hydrogen) atoms. The third-order valence-electron chi connectivity index (χ3n) is 2.43. The van der Waals surface area contributed by atoms with E-state index in [2.05, 4.69) is 17.0 Å². The third-order valence-corrected chi connectivity index (χ3v) is 3.66. The van der Waals surface area contributed by atoms with Crippen molar-refractivity contribution in [1.29, 1.82) is 0 Å². The van der Waals surface area contributed by atoms with Gasteiger partial charge in [-0.1, -0.05) is 0 Å². The van der Waals surface area contributed by atoms with Gasteiger partial charge < -0.3 is 0 Å². The number of aromatic nitrogens is 3. The average molecular weight is 256 g/mol. The predicted octanol–water partition coefficient (Wildman–Crippen LogP) is 3.02. The van der Waals surface area contributed by atoms with Crippen LogP contribution in [0.15, 0.2) is 17.6 Å². The second-order valence-electron chi connectivity index (χ2n) is 3.67. The zero-order chi connectivity index (χ0) is 11.4. The number of halogens is 1. The van der Waals surface area contributed by atoms with Crippen molar-refractivity contribution in [1.82, 2.24) is 14.8 Å². The Bertz CT molecular complexity index is 450. The highest BCUT2D eigenvalue weighted by atomic mass is 35.5. The Morgan fingerprint density at radius 3 is 3.00 bits per heavy atom. The van der Waals surface area contributed by atoms with Gasteiger partial charge in [-0.15, -0.1) is 22.9 Å². The number of alkyl halides is 1. The summed E-state index contributed by atoms with van der Waals surface area (Å²) in [6, 6.07) is 2.02. The van der Waals surface area contributed by atoms with E-state index < -0.39 is 0 Å². The Morgan fingerprint density at radius 1 is 1.50 bits per heavy atom. The molecule has 0 atom stereocenters. The van der Waals surface area contributed by atoms with Gasteiger partial charge in [-0.3, -0.25) is 4.68 Å². The molecule has 0 aliphatic heterocycles. The Morgan fingerprint density at radius 2 is 2.38 bits per heavy atom. The van der Waals surface area contributed by atoms with Crippen LogP contribution < -0.4 is 0 Å². The normalized spacial score (nSPS) is 10.9. The fourth-order valence-corrected chi connectivity index (χ4v) is 2.61. The molecule has 0 aliphatic rings. The van der Waals surface area contributed by atoms with Gasteiger partial charge in [0.25, 0.3) is 0 Å². The lowest BCUT2D eigenvalue weighted by Gasteiger charge is -2.02. The van der Waals surface area contributed by atoms with Crippen molar-refractivity contribution in [3.63, 3.8) is 0 Å². The highest BCUT2D eigenvalue weighted by Crippen LogP contribution is 2.13. The van der Waals surface area contributed by atoms with E-state index in [0.717, 1.165) is 25.1 Å². The minimum Gasteiger partial charge on any atom is -0.270 e. The summed E-state index contributed by atoms with van der Waals surface area (Å²) in [5.41, 5.74) is 2.19. The molecule has 0 fully saturated rings. The van der Waals surface area contributed by atoms with Gasteiger partial charge in [-0.25, -0.2) is 4.98 Å². The van der Waals surface area contributed by atoms with E-state index in [1.807, 2.05) is 22.3 Å². The minimum atomic E-state index is 0.509. The first-order valence-electron chi connectivity index (χ1n) is 5.27. The van der Waals surface area contributed by atoms with Crippen molar-refractivity contribution >= 4 is 22.9 Å². The molecular weight excluding hydrogens is 242 g/mol. The molecule has 0 spiro atoms. The van der Waals surface area contributed by atoms with E-state index in [0.29, 0.717) is 5.88 Å². The summed E-state index contributed by atoms with van der Waals surface area (Å²) >= 11 is 7.40. The zero-order valence-corrected chi connectivity index (χ0v) is 10.8. The van der Waals surface area contributed by atoms with Gasteiger partial charge in [0, 0.05) is 30.2 Å². The van der Waals surface area contributed by atoms with E-state index in [4.69, 9.17) is 11.6 Å². The van der Waals surface area contributed by atoms with Crippen LogP contribution >= 0.6 is 22.9 Å². The molecule has 2 rings (SSSR count). The molecule has 0 N–H and O–H groups in total. The van der Waals surface area contributed by atoms with E-state index in [1.165, 1.54) is 10.7 Å². The number of hydrogen-bond acceptors (Lipinski definition) is 3. The maximum Gasteiger partial charge on any atom is 0.0929 e. The SMILES string of the molecule is Cc1ccnn1CCCc1nc(CCl)cs1. The van der Waals surface area contributed by atoms with Crippen LogP contribution in [0.2, 0.25) is 0 Å². The maximum absolute atomic E-state index is 5.71. The summed E-state index contributed by atoms with van der Waals surface area (Å²) < 4.78 is 2.02. The summed E-state index contributed by atoms with van der Waals surface area (Å²) in [5, 5.41) is 7.44. The fourth-order valence-electron chi connectivity index (χ4n) is 1.54. The first-order chi connectivity index (χ1) is 7.79. The van der Waals surface area contributed by atoms with Gasteiger partial charge in [0.05, 0.1) is 16.6 Å². The second kappa shape index (κ2) is 5.46. The first kappa shape index (κ1) is 11.6. The Hall–Kier alpha value is -0.870. The van der Waals surface area contributed by atoms with Crippen LogP contribution in [-0.4, -0.2) is 14.8 Å². The standard InChI is InChI=1S/C11H14ClN3S/c1-9-4-5-13-15(9)6-2-3-11-14-10(7-12)8-16-11/h4-5,8H,2-3,6-7H2,1H3. The lowest BCUT2D eigenvalue weighted by molar-refractivity contribution is 0.564. The van der Waals surface area contributed by atoms with E-state index in [1.54, 1.807) is 11.3 Å². The van der Waals surface area contributed by atoms with Gasteiger partial charge in [0.2, 0.25) is 0 Å². The van der Waals surface area contributed by atoms with Crippen LogP contribution in [0.4, 0.5) is 0 Å². The van der Waals surface area contributed by atoms with Crippen LogP contribution in [0.25, 0.3) is 0 Å². The highest BCUT2D eigenvalue weighted by molar-refractivity contribution is 7.09. The summed E-state index contributed by atoms with van der Waals surface area (Å²) in [4.78, 5) is 4.43. The molecule has 2 aromatic rings. The Balaban J connectivity index is 1.82. The second-order valence-corrected chi connectivity index (χ2v) is 4.88. The molecule has 86 valence electrons. The topological polar surface area (TPSA) is 30.7 Å². The average Bonchev–Trinajstić information content (AvgIpc) is 2.89. The van der Waals surface area contributed by atoms with Crippen LogP contribution in [0.3, 0.4) is 0 Å². The lowest BCUT2D eigenvalue weighted by atomic mass is 10.3. The predicted molar refractivity (Wildman–Crippen MR) is 67.0 cm³/mol. The van der Waals surface area contributed by atoms with Crippen LogP contribution in [0.1, 0.15) is 22.8 Å². The fraction of sp³-hybridized carbons (Fsp3) is 0.455. The largest absolute Gasteiger partial charge is 0.270 e. The molecule has 3 nitrogen and oxygen atoms in total. The molecule has 2 heterocycles. The van der Waals surface area contributed by atoms with Crippen LogP contribution in [0, 0.1) is 6.92 Å². The molecule has 0 amide bonds. The van der Waals surface area contributed by atoms with Crippen LogP contribution in [0.5, 0.6) is 0 Å². The summed E-state index contributed by atoms with van der Waals surface area (Å²) in [7, 11) is 0. The van der Waals surface area contributed by atoms with Crippen molar-refractivity contribution in [2.75, 3.05) is 0 Å². The highest BCUT2D eigenvalue weighted by Gasteiger charge is 2.02. The molecule has 0 aromatic carbocycles. The first-order valence-corrected chi connectivity index (χ1v) is 6.68. The molecule has 0 saturated heterocycles. The van der Waals surface area contributed by atoms with E-state index in [-0.39, 0.29) is 0 Å². The lowest BCUT2D eigenvalue weighted by Crippen LogP contribution is -2.03. The molecule has 0 radical (unpaired) electrons. The third kappa shape index (κ3) is 2.83. The quantitative estimate of drug-likeness (QED) is 0.769. The maximum atomic E-state index is 5.71. The van der Waals surface area contributed by atoms with Gasteiger partial charge in [0.1, 0.15) is 0 Å². The molecular formula is C11H14ClN3S. The molecule has 5 heteroatoms. The molecule has 0 bridgehead atoms. The van der Waals surface area contributed by atoms with E-state index in [9.17, 15) is 0 Å². The van der Waals surface area contributed by atoms with Crippen molar-refractivity contribution in [2.24, 2.45) is 0 Å². The van der Waals surface area contributed by atoms with Crippen molar-refractivity contribution < 1.29 is 0 Å². The number of rotatable bonds is 5. The van der Waals surface area contributed by atoms with Crippen molar-refractivity contribution in [3.05, 3.63) is 34.0 Å². The molecule has 2 aromatic heterocycles. The molecule has 0 saturated carbocycles. The van der Waals surface area contributed by atoms with E-state index >= 15 is 0 Å². The van der Waals surface area contributed by atoms with Gasteiger partial charge in [-0.2, -0.15) is 5.10 Å². The van der Waals surface area contributed by atoms with Gasteiger partial charge in [-0.05, 0) is 19.4 Å². The Kier molecular flexibility index (Phi) is 3.96. The number of hydrogen-bond donors (Lipinski definition) is 0. The van der Waals surface area contributed by atoms with Crippen LogP contribution in [-0.2, 0) is 18.8 Å². The number of nitrogens with zero attached hydrogens (tertiary/aromatic N) is 3. The Labute approximate surface area is 104 Å². The number of aryl methyl sites for hydroxylation is 3. The molecule has 0 unspecified atom stereocenters. The number of thiazole rings is 1. The van der Waals surface area contributed by atoms with Crippen molar-refractivity contribution in [3.8, 4) is 0 Å². The minimum absolute atomic E-state index is 0.509. The van der Waals surface area contributed by atoms with Crippen molar-refractivity contribution in [2.45, 2.75) is 32.2 Å². The summed E-state index contributed by atoms with van der Waals surface area (Å²) in [5.74, 6) is 0.509. The monoisotopic (exact) mass is 255 g/mol. The summed E-state index contributed by atoms with van der Waals surface area (Å²) in [6.07, 6.45) is 3.91.